The maximum absolute atomic E-state index is 9.59. The van der Waals surface area contributed by atoms with E-state index in [1.54, 1.807) is 13.8 Å². The van der Waals surface area contributed by atoms with Gasteiger partial charge < -0.3 is 22.3 Å². The quantitative estimate of drug-likeness (QED) is 0.361. The SMILES string of the molecule is CC(C)C(=O)[O-].[Cl-]. The summed E-state index contributed by atoms with van der Waals surface area (Å²) in [6.45, 7) is 3.16. The molecule has 0 saturated carbocycles. The van der Waals surface area contributed by atoms with Crippen molar-refractivity contribution >= 4 is 5.97 Å². The molecular formula is C4H7ClO2-2. The van der Waals surface area contributed by atoms with Crippen LogP contribution in [0.4, 0.5) is 0 Å². The lowest BCUT2D eigenvalue weighted by Gasteiger charge is -2.01. The molecule has 7 heavy (non-hydrogen) atoms. The maximum atomic E-state index is 9.59. The molecule has 3 heteroatoms. The fourth-order valence-corrected chi connectivity index (χ4v) is 0. The molecule has 0 saturated heterocycles. The monoisotopic (exact) mass is 122 g/mol. The van der Waals surface area contributed by atoms with Crippen LogP contribution in [-0.2, 0) is 4.79 Å². The second-order valence-electron chi connectivity index (χ2n) is 1.47. The Morgan fingerprint density at radius 2 is 1.71 bits per heavy atom. The summed E-state index contributed by atoms with van der Waals surface area (Å²) in [7, 11) is 0. The smallest absolute Gasteiger partial charge is 0.0439 e. The second kappa shape index (κ2) is 3.93. The molecule has 0 aliphatic heterocycles. The van der Waals surface area contributed by atoms with Crippen molar-refractivity contribution in [2.75, 3.05) is 0 Å². The highest BCUT2D eigenvalue weighted by molar-refractivity contribution is 5.66. The Bertz CT molecular complexity index is 60.7. The summed E-state index contributed by atoms with van der Waals surface area (Å²) in [6.07, 6.45) is 0. The average molecular weight is 123 g/mol. The van der Waals surface area contributed by atoms with Gasteiger partial charge in [0.05, 0.1) is 0 Å². The summed E-state index contributed by atoms with van der Waals surface area (Å²) in [4.78, 5) is 9.59. The minimum atomic E-state index is -0.991. The van der Waals surface area contributed by atoms with E-state index < -0.39 is 5.97 Å². The number of hydrogen-bond acceptors (Lipinski definition) is 2. The molecular weight excluding hydrogens is 115 g/mol. The summed E-state index contributed by atoms with van der Waals surface area (Å²) >= 11 is 0. The van der Waals surface area contributed by atoms with Gasteiger partial charge in [0.1, 0.15) is 0 Å². The first kappa shape index (κ1) is 9.90. The Labute approximate surface area is 48.9 Å². The Kier molecular flexibility index (Phi) is 5.56. The topological polar surface area (TPSA) is 40.1 Å². The summed E-state index contributed by atoms with van der Waals surface area (Å²) in [5, 5.41) is 9.59. The van der Waals surface area contributed by atoms with E-state index in [4.69, 9.17) is 0 Å². The predicted molar refractivity (Wildman–Crippen MR) is 19.8 cm³/mol. The van der Waals surface area contributed by atoms with E-state index in [0.717, 1.165) is 0 Å². The average Bonchev–Trinajstić information content (AvgIpc) is 1.36. The number of halogens is 1. The van der Waals surface area contributed by atoms with E-state index in [1.165, 1.54) is 0 Å². The van der Waals surface area contributed by atoms with Gasteiger partial charge in [-0.1, -0.05) is 13.8 Å². The third-order valence-corrected chi connectivity index (χ3v) is 0.471. The summed E-state index contributed by atoms with van der Waals surface area (Å²) in [5.74, 6) is -1.33. The van der Waals surface area contributed by atoms with Gasteiger partial charge in [0.15, 0.2) is 0 Å². The van der Waals surface area contributed by atoms with Crippen LogP contribution in [0.1, 0.15) is 13.8 Å². The van der Waals surface area contributed by atoms with Gasteiger partial charge in [-0.2, -0.15) is 0 Å². The van der Waals surface area contributed by atoms with Crippen LogP contribution < -0.4 is 17.5 Å². The number of carboxylic acids is 1. The standard InChI is InChI=1S/C4H8O2.ClH/c1-3(2)4(5)6;/h3H,1-2H3,(H,5,6);1H/p-2. The molecule has 0 rings (SSSR count). The van der Waals surface area contributed by atoms with E-state index in [1.807, 2.05) is 0 Å². The van der Waals surface area contributed by atoms with Crippen molar-refractivity contribution in [3.05, 3.63) is 0 Å². The van der Waals surface area contributed by atoms with Gasteiger partial charge in [0.25, 0.3) is 0 Å². The van der Waals surface area contributed by atoms with E-state index >= 15 is 0 Å². The molecule has 0 atom stereocenters. The van der Waals surface area contributed by atoms with Crippen molar-refractivity contribution in [1.82, 2.24) is 0 Å². The third kappa shape index (κ3) is 5.76. The first-order chi connectivity index (χ1) is 2.64. The summed E-state index contributed by atoms with van der Waals surface area (Å²) in [5.41, 5.74) is 0. The molecule has 0 amide bonds. The maximum Gasteiger partial charge on any atom is 0.0439 e. The molecule has 0 bridgehead atoms. The van der Waals surface area contributed by atoms with Gasteiger partial charge in [-0.25, -0.2) is 0 Å². The fraction of sp³-hybridized carbons (Fsp3) is 0.750. The first-order valence-corrected chi connectivity index (χ1v) is 1.85. The number of carboxylic acid groups (broad SMARTS) is 1. The normalized spacial score (nSPS) is 7.86. The largest absolute Gasteiger partial charge is 1.00 e. The van der Waals surface area contributed by atoms with Crippen LogP contribution in [0.5, 0.6) is 0 Å². The van der Waals surface area contributed by atoms with Gasteiger partial charge in [-0.15, -0.1) is 0 Å². The van der Waals surface area contributed by atoms with Crippen molar-refractivity contribution in [3.63, 3.8) is 0 Å². The molecule has 2 nitrogen and oxygen atoms in total. The Morgan fingerprint density at radius 3 is 1.71 bits per heavy atom. The van der Waals surface area contributed by atoms with Gasteiger partial charge in [-0.05, 0) is 5.92 Å². The molecule has 0 radical (unpaired) electrons. The molecule has 0 aromatic heterocycles. The van der Waals surface area contributed by atoms with E-state index in [2.05, 4.69) is 0 Å². The lowest BCUT2D eigenvalue weighted by molar-refractivity contribution is -0.310. The lowest BCUT2D eigenvalue weighted by atomic mass is 10.2. The van der Waals surface area contributed by atoms with Crippen molar-refractivity contribution in [2.24, 2.45) is 5.92 Å². The van der Waals surface area contributed by atoms with Gasteiger partial charge in [0.2, 0.25) is 0 Å². The van der Waals surface area contributed by atoms with Crippen LogP contribution in [0.3, 0.4) is 0 Å². The molecule has 0 fully saturated rings. The van der Waals surface area contributed by atoms with Crippen LogP contribution in [0, 0.1) is 5.92 Å². The minimum Gasteiger partial charge on any atom is -1.00 e. The molecule has 0 aliphatic carbocycles. The van der Waals surface area contributed by atoms with Crippen LogP contribution in [0.15, 0.2) is 0 Å². The van der Waals surface area contributed by atoms with Crippen LogP contribution in [0.2, 0.25) is 0 Å². The van der Waals surface area contributed by atoms with Gasteiger partial charge in [-0.3, -0.25) is 0 Å². The Hall–Kier alpha value is -0.240. The van der Waals surface area contributed by atoms with Crippen LogP contribution in [0.25, 0.3) is 0 Å². The van der Waals surface area contributed by atoms with Crippen molar-refractivity contribution in [3.8, 4) is 0 Å². The minimum absolute atomic E-state index is 0. The number of hydrogen-bond donors (Lipinski definition) is 0. The summed E-state index contributed by atoms with van der Waals surface area (Å²) in [6, 6.07) is 0. The molecule has 0 unspecified atom stereocenters. The zero-order valence-corrected chi connectivity index (χ0v) is 5.03. The van der Waals surface area contributed by atoms with E-state index in [0.29, 0.717) is 0 Å². The van der Waals surface area contributed by atoms with Crippen molar-refractivity contribution in [1.29, 1.82) is 0 Å². The highest BCUT2D eigenvalue weighted by Crippen LogP contribution is 1.83. The Morgan fingerprint density at radius 1 is 1.57 bits per heavy atom. The van der Waals surface area contributed by atoms with Crippen molar-refractivity contribution < 1.29 is 22.3 Å². The molecule has 0 heterocycles. The molecule has 44 valence electrons. The number of carbonyl (C=O) groups excluding carboxylic acids is 1. The molecule has 0 N–H and O–H groups in total. The Balaban J connectivity index is 0. The molecule has 0 aromatic carbocycles. The van der Waals surface area contributed by atoms with E-state index in [-0.39, 0.29) is 18.3 Å². The zero-order chi connectivity index (χ0) is 5.15. The highest BCUT2D eigenvalue weighted by Gasteiger charge is 1.87. The number of carbonyl (C=O) groups is 1. The second-order valence-corrected chi connectivity index (χ2v) is 1.47. The van der Waals surface area contributed by atoms with E-state index in [9.17, 15) is 9.90 Å². The van der Waals surface area contributed by atoms with Gasteiger partial charge >= 0.3 is 0 Å². The first-order valence-electron chi connectivity index (χ1n) is 1.85. The van der Waals surface area contributed by atoms with Crippen molar-refractivity contribution in [2.45, 2.75) is 13.8 Å². The number of aliphatic carboxylic acids is 1. The molecule has 0 aromatic rings. The highest BCUT2D eigenvalue weighted by atomic mass is 35.5. The third-order valence-electron chi connectivity index (χ3n) is 0.471. The lowest BCUT2D eigenvalue weighted by Crippen LogP contribution is -3.00. The fourth-order valence-electron chi connectivity index (χ4n) is 0. The summed E-state index contributed by atoms with van der Waals surface area (Å²) < 4.78 is 0. The predicted octanol–water partition coefficient (Wildman–Crippen LogP) is -3.60. The zero-order valence-electron chi connectivity index (χ0n) is 4.27. The van der Waals surface area contributed by atoms with Crippen LogP contribution in [-0.4, -0.2) is 5.97 Å². The molecule has 0 aliphatic rings. The molecule has 0 spiro atoms. The number of rotatable bonds is 1. The van der Waals surface area contributed by atoms with Gasteiger partial charge in [0, 0.05) is 5.97 Å². The van der Waals surface area contributed by atoms with Crippen LogP contribution >= 0.6 is 0 Å².